The van der Waals surface area contributed by atoms with E-state index in [4.69, 9.17) is 0 Å². The molecule has 4 heteroatoms. The maximum Gasteiger partial charge on any atom is 0.269 e. The molecule has 4 nitrogen and oxygen atoms in total. The Morgan fingerprint density at radius 2 is 1.75 bits per heavy atom. The topological polar surface area (TPSA) is 60.2 Å². The third-order valence-corrected chi connectivity index (χ3v) is 4.61. The zero-order chi connectivity index (χ0) is 17.7. The highest BCUT2D eigenvalue weighted by atomic mass is 16.6. The van der Waals surface area contributed by atoms with Crippen molar-refractivity contribution in [1.29, 1.82) is 0 Å². The summed E-state index contributed by atoms with van der Waals surface area (Å²) in [6.45, 7) is 5.50. The van der Waals surface area contributed by atoms with Crippen molar-refractivity contribution in [2.45, 2.75) is 40.0 Å². The van der Waals surface area contributed by atoms with E-state index in [0.29, 0.717) is 6.42 Å². The molecular weight excluding hydrogens is 302 g/mol. The van der Waals surface area contributed by atoms with Gasteiger partial charge in [0, 0.05) is 17.5 Å². The number of benzene rings is 2. The van der Waals surface area contributed by atoms with E-state index in [0.717, 1.165) is 29.5 Å². The molecular formula is C20H23NO3. The van der Waals surface area contributed by atoms with Crippen LogP contribution < -0.4 is 0 Å². The van der Waals surface area contributed by atoms with Crippen LogP contribution in [-0.4, -0.2) is 10.7 Å². The standard InChI is InChI=1S/C20H23NO3/c1-15(22)20(2,3)12-11-17-9-10-19(21(23)24)14-18(17)13-16-7-5-4-6-8-16/h4-10,14H,11-13H2,1-3H3. The zero-order valence-electron chi connectivity index (χ0n) is 14.4. The highest BCUT2D eigenvalue weighted by Crippen LogP contribution is 2.27. The molecule has 0 spiro atoms. The quantitative estimate of drug-likeness (QED) is 0.546. The van der Waals surface area contributed by atoms with Crippen LogP contribution in [0.25, 0.3) is 0 Å². The van der Waals surface area contributed by atoms with Gasteiger partial charge in [-0.2, -0.15) is 0 Å². The smallest absolute Gasteiger partial charge is 0.269 e. The first kappa shape index (κ1) is 17.9. The molecule has 0 bridgehead atoms. The van der Waals surface area contributed by atoms with Gasteiger partial charge in [0.15, 0.2) is 0 Å². The average Bonchev–Trinajstić information content (AvgIpc) is 2.54. The summed E-state index contributed by atoms with van der Waals surface area (Å²) in [6, 6.07) is 14.9. The lowest BCUT2D eigenvalue weighted by Crippen LogP contribution is -2.22. The third-order valence-electron chi connectivity index (χ3n) is 4.61. The molecule has 126 valence electrons. The number of Topliss-reactive ketones (excluding diaryl/α,β-unsaturated/α-hetero) is 1. The fourth-order valence-corrected chi connectivity index (χ4v) is 2.57. The second-order valence-corrected chi connectivity index (χ2v) is 6.81. The Morgan fingerprint density at radius 1 is 1.08 bits per heavy atom. The zero-order valence-corrected chi connectivity index (χ0v) is 14.4. The van der Waals surface area contributed by atoms with Crippen molar-refractivity contribution in [2.24, 2.45) is 5.41 Å². The molecule has 0 fully saturated rings. The van der Waals surface area contributed by atoms with Crippen LogP contribution in [0.3, 0.4) is 0 Å². The van der Waals surface area contributed by atoms with Gasteiger partial charge in [0.1, 0.15) is 5.78 Å². The van der Waals surface area contributed by atoms with Crippen LogP contribution in [0.2, 0.25) is 0 Å². The summed E-state index contributed by atoms with van der Waals surface area (Å²) in [5, 5.41) is 11.1. The van der Waals surface area contributed by atoms with Gasteiger partial charge in [0.05, 0.1) is 4.92 Å². The van der Waals surface area contributed by atoms with Crippen molar-refractivity contribution in [3.8, 4) is 0 Å². The van der Waals surface area contributed by atoms with Crippen molar-refractivity contribution in [1.82, 2.24) is 0 Å². The Bertz CT molecular complexity index is 736. The maximum atomic E-state index is 11.7. The number of nitro benzene ring substituents is 1. The second-order valence-electron chi connectivity index (χ2n) is 6.81. The van der Waals surface area contributed by atoms with Gasteiger partial charge in [0.25, 0.3) is 5.69 Å². The highest BCUT2D eigenvalue weighted by Gasteiger charge is 2.24. The number of non-ortho nitro benzene ring substituents is 1. The predicted molar refractivity (Wildman–Crippen MR) is 95.1 cm³/mol. The molecule has 0 heterocycles. The Balaban J connectivity index is 2.29. The molecule has 0 radical (unpaired) electrons. The van der Waals surface area contributed by atoms with Gasteiger partial charge in [-0.15, -0.1) is 0 Å². The van der Waals surface area contributed by atoms with Crippen LogP contribution in [-0.2, 0) is 17.6 Å². The average molecular weight is 325 g/mol. The maximum absolute atomic E-state index is 11.7. The van der Waals surface area contributed by atoms with E-state index in [9.17, 15) is 14.9 Å². The molecule has 0 aliphatic heterocycles. The molecule has 0 N–H and O–H groups in total. The molecule has 0 saturated carbocycles. The molecule has 0 atom stereocenters. The normalized spacial score (nSPS) is 11.3. The van der Waals surface area contributed by atoms with E-state index in [1.165, 1.54) is 0 Å². The van der Waals surface area contributed by atoms with Gasteiger partial charge in [0.2, 0.25) is 0 Å². The number of nitro groups is 1. The van der Waals surface area contributed by atoms with E-state index in [2.05, 4.69) is 0 Å². The number of ketones is 1. The number of rotatable bonds is 7. The van der Waals surface area contributed by atoms with E-state index >= 15 is 0 Å². The number of aryl methyl sites for hydroxylation is 1. The molecule has 0 unspecified atom stereocenters. The lowest BCUT2D eigenvalue weighted by atomic mass is 9.82. The van der Waals surface area contributed by atoms with Gasteiger partial charge >= 0.3 is 0 Å². The van der Waals surface area contributed by atoms with Crippen molar-refractivity contribution in [3.05, 3.63) is 75.3 Å². The van der Waals surface area contributed by atoms with Crippen LogP contribution in [0, 0.1) is 15.5 Å². The molecule has 0 saturated heterocycles. The minimum absolute atomic E-state index is 0.107. The van der Waals surface area contributed by atoms with Crippen LogP contribution in [0.15, 0.2) is 48.5 Å². The van der Waals surface area contributed by atoms with Gasteiger partial charge in [-0.25, -0.2) is 0 Å². The lowest BCUT2D eigenvalue weighted by Gasteiger charge is -2.21. The first-order valence-corrected chi connectivity index (χ1v) is 8.11. The summed E-state index contributed by atoms with van der Waals surface area (Å²) >= 11 is 0. The molecule has 2 aromatic rings. The minimum atomic E-state index is -0.383. The summed E-state index contributed by atoms with van der Waals surface area (Å²) in [7, 11) is 0. The Labute approximate surface area is 142 Å². The van der Waals surface area contributed by atoms with Crippen LogP contribution in [0.5, 0.6) is 0 Å². The Kier molecular flexibility index (Phi) is 5.50. The second kappa shape index (κ2) is 7.39. The first-order chi connectivity index (χ1) is 11.3. The molecule has 24 heavy (non-hydrogen) atoms. The van der Waals surface area contributed by atoms with E-state index < -0.39 is 0 Å². The number of nitrogens with zero attached hydrogens (tertiary/aromatic N) is 1. The van der Waals surface area contributed by atoms with Gasteiger partial charge in [-0.1, -0.05) is 50.2 Å². The molecule has 2 rings (SSSR count). The third kappa shape index (κ3) is 4.51. The fraction of sp³-hybridized carbons (Fsp3) is 0.350. The predicted octanol–water partition coefficient (Wildman–Crippen LogP) is 4.73. The highest BCUT2D eigenvalue weighted by molar-refractivity contribution is 5.81. The lowest BCUT2D eigenvalue weighted by molar-refractivity contribution is -0.384. The molecule has 0 aliphatic carbocycles. The number of hydrogen-bond donors (Lipinski definition) is 0. The van der Waals surface area contributed by atoms with Crippen molar-refractivity contribution in [3.63, 3.8) is 0 Å². The summed E-state index contributed by atoms with van der Waals surface area (Å²) in [5.74, 6) is 0.161. The Morgan fingerprint density at radius 3 is 2.33 bits per heavy atom. The molecule has 2 aromatic carbocycles. The van der Waals surface area contributed by atoms with Gasteiger partial charge < -0.3 is 0 Å². The summed E-state index contributed by atoms with van der Waals surface area (Å²) in [5.41, 5.74) is 2.86. The van der Waals surface area contributed by atoms with Gasteiger partial charge in [-0.05, 0) is 42.9 Å². The molecule has 0 amide bonds. The first-order valence-electron chi connectivity index (χ1n) is 8.11. The number of hydrogen-bond acceptors (Lipinski definition) is 3. The van der Waals surface area contributed by atoms with E-state index in [-0.39, 0.29) is 21.8 Å². The van der Waals surface area contributed by atoms with Crippen molar-refractivity contribution < 1.29 is 9.72 Å². The van der Waals surface area contributed by atoms with Crippen molar-refractivity contribution >= 4 is 11.5 Å². The number of carbonyl (C=O) groups is 1. The fourth-order valence-electron chi connectivity index (χ4n) is 2.57. The summed E-state index contributed by atoms with van der Waals surface area (Å²) in [4.78, 5) is 22.4. The SMILES string of the molecule is CC(=O)C(C)(C)CCc1ccc([N+](=O)[O-])cc1Cc1ccccc1. The molecule has 0 aliphatic rings. The monoisotopic (exact) mass is 325 g/mol. The van der Waals surface area contributed by atoms with Crippen molar-refractivity contribution in [2.75, 3.05) is 0 Å². The number of carbonyl (C=O) groups excluding carboxylic acids is 1. The summed E-state index contributed by atoms with van der Waals surface area (Å²) in [6.07, 6.45) is 2.10. The van der Waals surface area contributed by atoms with E-state index in [1.54, 1.807) is 19.1 Å². The minimum Gasteiger partial charge on any atom is -0.299 e. The van der Waals surface area contributed by atoms with Crippen LogP contribution >= 0.6 is 0 Å². The Hall–Kier alpha value is -2.49. The van der Waals surface area contributed by atoms with Gasteiger partial charge in [-0.3, -0.25) is 14.9 Å². The largest absolute Gasteiger partial charge is 0.299 e. The van der Waals surface area contributed by atoms with Crippen LogP contribution in [0.4, 0.5) is 5.69 Å². The van der Waals surface area contributed by atoms with Crippen LogP contribution in [0.1, 0.15) is 43.9 Å². The van der Waals surface area contributed by atoms with E-state index in [1.807, 2.05) is 50.2 Å². The molecule has 0 aromatic heterocycles. The summed E-state index contributed by atoms with van der Waals surface area (Å²) < 4.78 is 0.